The molecule has 3 atom stereocenters. The van der Waals surface area contributed by atoms with Gasteiger partial charge in [-0.05, 0) is 18.9 Å². The van der Waals surface area contributed by atoms with Gasteiger partial charge in [0.15, 0.2) is 12.1 Å². The molecule has 0 fully saturated rings. The third-order valence-electron chi connectivity index (χ3n) is 5.46. The van der Waals surface area contributed by atoms with Gasteiger partial charge < -0.3 is 20.1 Å². The summed E-state index contributed by atoms with van der Waals surface area (Å²) in [6.45, 7) is 7.03. The minimum Gasteiger partial charge on any atom is -0.544 e. The molecule has 0 heterocycles. The lowest BCUT2D eigenvalue weighted by atomic mass is 9.95. The van der Waals surface area contributed by atoms with E-state index < -0.39 is 40.5 Å². The molecule has 0 rings (SSSR count). The van der Waals surface area contributed by atoms with Crippen LogP contribution in [0.1, 0.15) is 85.5 Å². The third kappa shape index (κ3) is 6.62. The molecule has 0 aromatic carbocycles. The van der Waals surface area contributed by atoms with E-state index in [-0.39, 0.29) is 19.3 Å². The minimum absolute atomic E-state index is 0.0801. The Kier molecular flexibility index (Phi) is 12.4. The highest BCUT2D eigenvalue weighted by Gasteiger charge is 2.53. The highest BCUT2D eigenvalue weighted by molar-refractivity contribution is 5.77. The Labute approximate surface area is 168 Å². The highest BCUT2D eigenvalue weighted by Crippen LogP contribution is 2.32. The second-order valence-electron chi connectivity index (χ2n) is 7.25. The summed E-state index contributed by atoms with van der Waals surface area (Å²) < 4.78 is -0.647. The predicted molar refractivity (Wildman–Crippen MR) is 105 cm³/mol. The Morgan fingerprint density at radius 3 is 1.64 bits per heavy atom. The monoisotopic (exact) mass is 399 g/mol. The molecule has 0 saturated heterocycles. The van der Waals surface area contributed by atoms with Crippen LogP contribution in [0.2, 0.25) is 0 Å². The fraction of sp³-hybridized carbons (Fsp3) is 0.762. The van der Waals surface area contributed by atoms with E-state index in [0.717, 1.165) is 32.1 Å². The number of rotatable bonds is 16. The molecular weight excluding hydrogens is 362 g/mol. The van der Waals surface area contributed by atoms with Crippen molar-refractivity contribution in [2.45, 2.75) is 104 Å². The smallest absolute Gasteiger partial charge is 0.362 e. The number of carboxylic acid groups (broad SMARTS) is 3. The van der Waals surface area contributed by atoms with Crippen LogP contribution in [0.15, 0.2) is 12.3 Å². The number of carbonyl (C=O) groups excluding carboxylic acids is 1. The summed E-state index contributed by atoms with van der Waals surface area (Å²) in [6.07, 6.45) is 9.56. The average Bonchev–Trinajstić information content (AvgIpc) is 2.61. The zero-order chi connectivity index (χ0) is 21.7. The number of nitrogens with zero attached hydrogens (tertiary/aromatic N) is 1. The van der Waals surface area contributed by atoms with Gasteiger partial charge in [0, 0.05) is 19.3 Å². The van der Waals surface area contributed by atoms with E-state index in [1.165, 1.54) is 6.20 Å². The van der Waals surface area contributed by atoms with E-state index in [2.05, 4.69) is 6.92 Å². The summed E-state index contributed by atoms with van der Waals surface area (Å²) in [6, 6.07) is -3.61. The van der Waals surface area contributed by atoms with Gasteiger partial charge in [-0.1, -0.05) is 53.4 Å². The highest BCUT2D eigenvalue weighted by atomic mass is 16.4. The number of aliphatic carboxylic acids is 3. The van der Waals surface area contributed by atoms with Crippen molar-refractivity contribution in [2.24, 2.45) is 0 Å². The summed E-state index contributed by atoms with van der Waals surface area (Å²) >= 11 is 0. The largest absolute Gasteiger partial charge is 0.544 e. The van der Waals surface area contributed by atoms with E-state index in [1.54, 1.807) is 26.8 Å². The lowest BCUT2D eigenvalue weighted by molar-refractivity contribution is -0.929. The van der Waals surface area contributed by atoms with Gasteiger partial charge in [-0.15, -0.1) is 0 Å². The van der Waals surface area contributed by atoms with E-state index in [4.69, 9.17) is 0 Å². The SMILES string of the molecule is CCCCCCC/C=C/[N+](C(CC)C(=O)[O-])(C(CC)C(=O)O)C(CC)C(=O)O. The van der Waals surface area contributed by atoms with E-state index in [1.807, 2.05) is 0 Å². The summed E-state index contributed by atoms with van der Waals surface area (Å²) in [5, 5.41) is 31.5. The first kappa shape index (κ1) is 26.1. The van der Waals surface area contributed by atoms with Crippen LogP contribution in [-0.4, -0.2) is 50.7 Å². The Bertz CT molecular complexity index is 476. The molecule has 0 aliphatic heterocycles. The molecule has 0 bridgehead atoms. The maximum absolute atomic E-state index is 12.0. The molecule has 3 unspecified atom stereocenters. The van der Waals surface area contributed by atoms with Crippen molar-refractivity contribution in [2.75, 3.05) is 0 Å². The first-order valence-corrected chi connectivity index (χ1v) is 10.5. The summed E-state index contributed by atoms with van der Waals surface area (Å²) in [5.74, 6) is -3.82. The molecule has 2 N–H and O–H groups in total. The zero-order valence-electron chi connectivity index (χ0n) is 17.7. The number of hydrogen-bond donors (Lipinski definition) is 2. The number of carboxylic acids is 3. The van der Waals surface area contributed by atoms with Gasteiger partial charge in [-0.2, -0.15) is 0 Å². The Morgan fingerprint density at radius 2 is 1.29 bits per heavy atom. The van der Waals surface area contributed by atoms with Crippen LogP contribution >= 0.6 is 0 Å². The van der Waals surface area contributed by atoms with Crippen LogP contribution in [0.5, 0.6) is 0 Å². The molecule has 0 amide bonds. The van der Waals surface area contributed by atoms with Crippen molar-refractivity contribution in [3.63, 3.8) is 0 Å². The van der Waals surface area contributed by atoms with Crippen molar-refractivity contribution < 1.29 is 34.2 Å². The molecule has 0 aromatic rings. The van der Waals surface area contributed by atoms with Gasteiger partial charge in [0.05, 0.1) is 12.2 Å². The van der Waals surface area contributed by atoms with Crippen molar-refractivity contribution in [1.29, 1.82) is 0 Å². The molecule has 7 nitrogen and oxygen atoms in total. The summed E-state index contributed by atoms with van der Waals surface area (Å²) in [7, 11) is 0. The molecule has 0 radical (unpaired) electrons. The van der Waals surface area contributed by atoms with Crippen LogP contribution < -0.4 is 5.11 Å². The maximum Gasteiger partial charge on any atom is 0.362 e. The quantitative estimate of drug-likeness (QED) is 0.305. The van der Waals surface area contributed by atoms with Gasteiger partial charge in [0.2, 0.25) is 0 Å². The lowest BCUT2D eigenvalue weighted by Crippen LogP contribution is -2.70. The molecule has 7 heteroatoms. The number of hydrogen-bond acceptors (Lipinski definition) is 4. The standard InChI is InChI=1S/C21H37NO6/c1-5-9-10-11-12-13-14-15-22(16(6-2)19(23)24,17(7-3)20(25)26)18(8-4)21(27)28/h14-18H,5-13H2,1-4H3,(H2-,23,24,25,26,27,28)/b15-14+. The summed E-state index contributed by atoms with van der Waals surface area (Å²) in [5.41, 5.74) is 0. The maximum atomic E-state index is 12.0. The van der Waals surface area contributed by atoms with E-state index in [0.29, 0.717) is 6.42 Å². The lowest BCUT2D eigenvalue weighted by Gasteiger charge is -2.48. The molecule has 28 heavy (non-hydrogen) atoms. The number of unbranched alkanes of at least 4 members (excludes halogenated alkanes) is 5. The third-order valence-corrected chi connectivity index (χ3v) is 5.46. The molecule has 162 valence electrons. The van der Waals surface area contributed by atoms with Crippen LogP contribution in [0.25, 0.3) is 0 Å². The first-order chi connectivity index (χ1) is 13.2. The molecule has 0 saturated carbocycles. The van der Waals surface area contributed by atoms with Crippen LogP contribution in [0.3, 0.4) is 0 Å². The van der Waals surface area contributed by atoms with Gasteiger partial charge in [0.25, 0.3) is 0 Å². The van der Waals surface area contributed by atoms with Gasteiger partial charge in [-0.25, -0.2) is 9.59 Å². The Morgan fingerprint density at radius 1 is 0.821 bits per heavy atom. The second-order valence-corrected chi connectivity index (χ2v) is 7.25. The van der Waals surface area contributed by atoms with Crippen molar-refractivity contribution in [3.8, 4) is 0 Å². The fourth-order valence-electron chi connectivity index (χ4n) is 4.12. The number of carbonyl (C=O) groups is 3. The fourth-order valence-corrected chi connectivity index (χ4v) is 4.12. The Balaban J connectivity index is 6.13. The average molecular weight is 400 g/mol. The van der Waals surface area contributed by atoms with Crippen molar-refractivity contribution >= 4 is 17.9 Å². The van der Waals surface area contributed by atoms with E-state index >= 15 is 0 Å². The van der Waals surface area contributed by atoms with Crippen LogP contribution in [-0.2, 0) is 14.4 Å². The van der Waals surface area contributed by atoms with Gasteiger partial charge in [0.1, 0.15) is 6.04 Å². The zero-order valence-corrected chi connectivity index (χ0v) is 17.7. The number of quaternary nitrogens is 1. The molecular formula is C21H37NO6. The van der Waals surface area contributed by atoms with E-state index in [9.17, 15) is 29.7 Å². The molecule has 0 aliphatic rings. The topological polar surface area (TPSA) is 115 Å². The number of allylic oxidation sites excluding steroid dienone is 1. The Hall–Kier alpha value is -1.89. The predicted octanol–water partition coefficient (Wildman–Crippen LogP) is 2.93. The molecule has 0 aliphatic carbocycles. The van der Waals surface area contributed by atoms with Gasteiger partial charge in [-0.3, -0.25) is 4.48 Å². The van der Waals surface area contributed by atoms with Crippen LogP contribution in [0, 0.1) is 0 Å². The minimum atomic E-state index is -1.42. The summed E-state index contributed by atoms with van der Waals surface area (Å²) in [4.78, 5) is 36.0. The molecule has 0 aromatic heterocycles. The van der Waals surface area contributed by atoms with Crippen molar-refractivity contribution in [3.05, 3.63) is 12.3 Å². The van der Waals surface area contributed by atoms with Gasteiger partial charge >= 0.3 is 11.9 Å². The van der Waals surface area contributed by atoms with Crippen molar-refractivity contribution in [1.82, 2.24) is 0 Å². The second kappa shape index (κ2) is 13.3. The molecule has 0 spiro atoms. The van der Waals surface area contributed by atoms with Crippen LogP contribution in [0.4, 0.5) is 0 Å². The normalized spacial score (nSPS) is 17.0. The first-order valence-electron chi connectivity index (χ1n) is 10.5.